The maximum absolute atomic E-state index is 11.9. The predicted molar refractivity (Wildman–Crippen MR) is 80.1 cm³/mol. The molecule has 0 aliphatic carbocycles. The van der Waals surface area contributed by atoms with Gasteiger partial charge in [-0.15, -0.1) is 11.3 Å². The number of rotatable bonds is 7. The van der Waals surface area contributed by atoms with E-state index >= 15 is 0 Å². The Kier molecular flexibility index (Phi) is 6.51. The first-order chi connectivity index (χ1) is 9.41. The first-order valence-electron chi connectivity index (χ1n) is 6.67. The number of carboxylic acid groups (broad SMARTS) is 1. The normalized spacial score (nSPS) is 13.6. The summed E-state index contributed by atoms with van der Waals surface area (Å²) in [5.41, 5.74) is 0. The van der Waals surface area contributed by atoms with Crippen LogP contribution in [0.25, 0.3) is 0 Å². The van der Waals surface area contributed by atoms with E-state index in [1.807, 2.05) is 18.4 Å². The molecular formula is C14H22N2O3S. The Hall–Kier alpha value is -1.56. The molecule has 2 atom stereocenters. The highest BCUT2D eigenvalue weighted by Gasteiger charge is 2.17. The van der Waals surface area contributed by atoms with Crippen LogP contribution in [0.2, 0.25) is 0 Å². The van der Waals surface area contributed by atoms with Crippen molar-refractivity contribution < 1.29 is 14.7 Å². The van der Waals surface area contributed by atoms with Crippen molar-refractivity contribution in [3.63, 3.8) is 0 Å². The van der Waals surface area contributed by atoms with Crippen molar-refractivity contribution in [2.45, 2.75) is 32.7 Å². The van der Waals surface area contributed by atoms with Gasteiger partial charge in [-0.2, -0.15) is 0 Å². The van der Waals surface area contributed by atoms with Gasteiger partial charge in [0.25, 0.3) is 0 Å². The fraction of sp³-hybridized carbons (Fsp3) is 0.571. The molecule has 0 bridgehead atoms. The largest absolute Gasteiger partial charge is 0.481 e. The predicted octanol–water partition coefficient (Wildman–Crippen LogP) is 2.43. The Morgan fingerprint density at radius 2 is 2.15 bits per heavy atom. The zero-order valence-electron chi connectivity index (χ0n) is 12.1. The van der Waals surface area contributed by atoms with E-state index in [4.69, 9.17) is 5.11 Å². The molecule has 2 N–H and O–H groups in total. The van der Waals surface area contributed by atoms with Crippen LogP contribution in [-0.4, -0.2) is 41.6 Å². The highest BCUT2D eigenvalue weighted by Crippen LogP contribution is 2.13. The average Bonchev–Trinajstić information content (AvgIpc) is 2.90. The summed E-state index contributed by atoms with van der Waals surface area (Å²) in [4.78, 5) is 25.5. The Balaban J connectivity index is 2.33. The lowest BCUT2D eigenvalue weighted by atomic mass is 10.1. The number of aliphatic carboxylic acids is 1. The van der Waals surface area contributed by atoms with Crippen molar-refractivity contribution in [3.05, 3.63) is 22.4 Å². The number of likely N-dealkylation sites (N-methyl/N-ethyl adjacent to an activating group) is 1. The van der Waals surface area contributed by atoms with Gasteiger partial charge in [-0.05, 0) is 24.8 Å². The molecule has 0 radical (unpaired) electrons. The Morgan fingerprint density at radius 3 is 2.70 bits per heavy atom. The van der Waals surface area contributed by atoms with Gasteiger partial charge < -0.3 is 15.3 Å². The van der Waals surface area contributed by atoms with Gasteiger partial charge in [-0.3, -0.25) is 4.79 Å². The van der Waals surface area contributed by atoms with Crippen molar-refractivity contribution >= 4 is 23.3 Å². The molecule has 0 saturated carbocycles. The van der Waals surface area contributed by atoms with Gasteiger partial charge in [0.1, 0.15) is 0 Å². The number of carbonyl (C=O) groups excluding carboxylic acids is 1. The molecule has 0 fully saturated rings. The molecule has 1 rings (SSSR count). The third kappa shape index (κ3) is 5.21. The van der Waals surface area contributed by atoms with Crippen LogP contribution < -0.4 is 5.32 Å². The van der Waals surface area contributed by atoms with Crippen LogP contribution in [-0.2, 0) is 11.2 Å². The van der Waals surface area contributed by atoms with Crippen LogP contribution in [0, 0.1) is 5.92 Å². The maximum Gasteiger partial charge on any atom is 0.317 e. The van der Waals surface area contributed by atoms with Gasteiger partial charge in [0.05, 0.1) is 5.92 Å². The van der Waals surface area contributed by atoms with Crippen LogP contribution in [0.15, 0.2) is 17.5 Å². The fourth-order valence-electron chi connectivity index (χ4n) is 1.70. The molecule has 0 aliphatic heterocycles. The highest BCUT2D eigenvalue weighted by molar-refractivity contribution is 7.09. The average molecular weight is 298 g/mol. The minimum atomic E-state index is -0.835. The van der Waals surface area contributed by atoms with Crippen LogP contribution >= 0.6 is 11.3 Å². The molecule has 0 aromatic carbocycles. The second kappa shape index (κ2) is 7.89. The van der Waals surface area contributed by atoms with Crippen molar-refractivity contribution in [2.24, 2.45) is 5.92 Å². The molecule has 20 heavy (non-hydrogen) atoms. The summed E-state index contributed by atoms with van der Waals surface area (Å²) in [6.45, 7) is 4.01. The number of hydrogen-bond acceptors (Lipinski definition) is 3. The zero-order valence-corrected chi connectivity index (χ0v) is 12.9. The van der Waals surface area contributed by atoms with Gasteiger partial charge >= 0.3 is 12.0 Å². The van der Waals surface area contributed by atoms with Gasteiger partial charge in [0, 0.05) is 30.9 Å². The van der Waals surface area contributed by atoms with Crippen molar-refractivity contribution in [1.82, 2.24) is 10.2 Å². The monoisotopic (exact) mass is 298 g/mol. The Morgan fingerprint density at radius 1 is 1.45 bits per heavy atom. The van der Waals surface area contributed by atoms with Gasteiger partial charge in [0.2, 0.25) is 0 Å². The van der Waals surface area contributed by atoms with Crippen molar-refractivity contribution in [1.29, 1.82) is 0 Å². The van der Waals surface area contributed by atoms with Crippen molar-refractivity contribution in [3.8, 4) is 0 Å². The van der Waals surface area contributed by atoms with Gasteiger partial charge in [0.15, 0.2) is 0 Å². The summed E-state index contributed by atoms with van der Waals surface area (Å²) in [5, 5.41) is 13.5. The summed E-state index contributed by atoms with van der Waals surface area (Å²) in [7, 11) is 1.76. The highest BCUT2D eigenvalue weighted by atomic mass is 32.1. The lowest BCUT2D eigenvalue weighted by Crippen LogP contribution is -2.43. The van der Waals surface area contributed by atoms with Gasteiger partial charge in [-0.1, -0.05) is 13.0 Å². The van der Waals surface area contributed by atoms with Crippen LogP contribution in [0.5, 0.6) is 0 Å². The molecule has 1 heterocycles. The Bertz CT molecular complexity index is 434. The first-order valence-corrected chi connectivity index (χ1v) is 7.55. The minimum absolute atomic E-state index is 0.102. The van der Waals surface area contributed by atoms with Crippen LogP contribution in [0.1, 0.15) is 25.1 Å². The standard InChI is InChI=1S/C14H22N2O3S/c1-10(13(17)18)6-7-15-14(19)16(3)11(2)9-12-5-4-8-20-12/h4-5,8,10-11H,6-7,9H2,1-3H3,(H,15,19)(H,17,18). The number of nitrogens with zero attached hydrogens (tertiary/aromatic N) is 1. The SMILES string of the molecule is CC(CCNC(=O)N(C)C(C)Cc1cccs1)C(=O)O. The number of amides is 2. The van der Waals surface area contributed by atoms with Gasteiger partial charge in [-0.25, -0.2) is 4.79 Å². The summed E-state index contributed by atoms with van der Waals surface area (Å²) in [5.74, 6) is -1.28. The number of hydrogen-bond donors (Lipinski definition) is 2. The van der Waals surface area contributed by atoms with E-state index in [2.05, 4.69) is 11.4 Å². The number of nitrogens with one attached hydrogen (secondary N) is 1. The van der Waals surface area contributed by atoms with Crippen molar-refractivity contribution in [2.75, 3.05) is 13.6 Å². The molecule has 6 heteroatoms. The number of urea groups is 1. The van der Waals surface area contributed by atoms with E-state index in [0.717, 1.165) is 6.42 Å². The molecule has 1 aromatic rings. The second-order valence-corrected chi connectivity index (χ2v) is 6.04. The summed E-state index contributed by atoms with van der Waals surface area (Å²) in [6.07, 6.45) is 1.27. The number of carboxylic acids is 1. The smallest absolute Gasteiger partial charge is 0.317 e. The van der Waals surface area contributed by atoms with Crippen LogP contribution in [0.3, 0.4) is 0 Å². The zero-order chi connectivity index (χ0) is 15.1. The topological polar surface area (TPSA) is 69.6 Å². The number of thiophene rings is 1. The lowest BCUT2D eigenvalue weighted by Gasteiger charge is -2.25. The molecule has 112 valence electrons. The molecule has 0 spiro atoms. The number of carbonyl (C=O) groups is 2. The first kappa shape index (κ1) is 16.5. The second-order valence-electron chi connectivity index (χ2n) is 5.00. The summed E-state index contributed by atoms with van der Waals surface area (Å²) >= 11 is 1.68. The molecule has 0 saturated heterocycles. The van der Waals surface area contributed by atoms with E-state index in [0.29, 0.717) is 13.0 Å². The van der Waals surface area contributed by atoms with E-state index < -0.39 is 11.9 Å². The molecule has 0 aliphatic rings. The third-order valence-electron chi connectivity index (χ3n) is 3.33. The molecule has 1 aromatic heterocycles. The molecule has 2 amide bonds. The van der Waals surface area contributed by atoms with E-state index in [9.17, 15) is 9.59 Å². The fourth-order valence-corrected chi connectivity index (χ4v) is 2.53. The summed E-state index contributed by atoms with van der Waals surface area (Å²) < 4.78 is 0. The van der Waals surface area contributed by atoms with E-state index in [1.54, 1.807) is 30.2 Å². The van der Waals surface area contributed by atoms with E-state index in [1.165, 1.54) is 4.88 Å². The third-order valence-corrected chi connectivity index (χ3v) is 4.23. The molecule has 2 unspecified atom stereocenters. The molecule has 5 nitrogen and oxygen atoms in total. The van der Waals surface area contributed by atoms with Crippen LogP contribution in [0.4, 0.5) is 4.79 Å². The molecular weight excluding hydrogens is 276 g/mol. The minimum Gasteiger partial charge on any atom is -0.481 e. The Labute approximate surface area is 123 Å². The quantitative estimate of drug-likeness (QED) is 0.812. The summed E-state index contributed by atoms with van der Waals surface area (Å²) in [6, 6.07) is 4.00. The maximum atomic E-state index is 11.9. The van der Waals surface area contributed by atoms with E-state index in [-0.39, 0.29) is 12.1 Å². The lowest BCUT2D eigenvalue weighted by molar-refractivity contribution is -0.141.